The van der Waals surface area contributed by atoms with E-state index in [-0.39, 0.29) is 5.43 Å². The quantitative estimate of drug-likeness (QED) is 0.813. The van der Waals surface area contributed by atoms with Crippen LogP contribution in [0.1, 0.15) is 39.0 Å². The third-order valence-corrected chi connectivity index (χ3v) is 3.73. The van der Waals surface area contributed by atoms with Gasteiger partial charge in [-0.25, -0.2) is 4.98 Å². The van der Waals surface area contributed by atoms with E-state index in [0.29, 0.717) is 11.6 Å². The Balaban J connectivity index is 0.000000970. The molecule has 2 aromatic rings. The Morgan fingerprint density at radius 3 is 2.44 bits per heavy atom. The summed E-state index contributed by atoms with van der Waals surface area (Å²) in [5, 5.41) is 6.08. The highest BCUT2D eigenvalue weighted by Gasteiger charge is 2.10. The molecule has 0 saturated carbocycles. The van der Waals surface area contributed by atoms with E-state index in [2.05, 4.69) is 33.9 Å². The van der Waals surface area contributed by atoms with Gasteiger partial charge in [-0.05, 0) is 33.8 Å². The molecule has 0 spiro atoms. The summed E-state index contributed by atoms with van der Waals surface area (Å²) in [5.41, 5.74) is 2.98. The number of methoxy groups -OCH3 is 1. The SMILES string of the molecule is C/C=C\c1[nH]c(-c2csc(NC(C)C)n2)cc(=O)c1/C=C\C.COC. The number of nitrogens with one attached hydrogen (secondary N) is 2. The largest absolute Gasteiger partial charge is 0.388 e. The normalized spacial score (nSPS) is 11.2. The zero-order valence-electron chi connectivity index (χ0n) is 15.7. The maximum atomic E-state index is 12.3. The molecule has 2 aromatic heterocycles. The van der Waals surface area contributed by atoms with Crippen LogP contribution >= 0.6 is 11.3 Å². The minimum Gasteiger partial charge on any atom is -0.388 e. The minimum atomic E-state index is -0.00804. The molecule has 2 rings (SSSR count). The van der Waals surface area contributed by atoms with E-state index in [9.17, 15) is 4.79 Å². The molecule has 2 heterocycles. The molecular weight excluding hydrogens is 334 g/mol. The maximum Gasteiger partial charge on any atom is 0.190 e. The van der Waals surface area contributed by atoms with E-state index < -0.39 is 0 Å². The van der Waals surface area contributed by atoms with Crippen LogP contribution in [0.2, 0.25) is 0 Å². The molecule has 0 unspecified atom stereocenters. The third kappa shape index (κ3) is 6.32. The predicted molar refractivity (Wildman–Crippen MR) is 109 cm³/mol. The highest BCUT2D eigenvalue weighted by Crippen LogP contribution is 2.24. The van der Waals surface area contributed by atoms with Crippen molar-refractivity contribution >= 4 is 28.6 Å². The summed E-state index contributed by atoms with van der Waals surface area (Å²) < 4.78 is 4.25. The summed E-state index contributed by atoms with van der Waals surface area (Å²) >= 11 is 1.54. The first-order valence-corrected chi connectivity index (χ1v) is 9.00. The fourth-order valence-electron chi connectivity index (χ4n) is 2.08. The molecule has 0 saturated heterocycles. The molecule has 6 heteroatoms. The number of ether oxygens (including phenoxy) is 1. The monoisotopic (exact) mass is 361 g/mol. The number of nitrogens with zero attached hydrogens (tertiary/aromatic N) is 1. The summed E-state index contributed by atoms with van der Waals surface area (Å²) in [4.78, 5) is 20.2. The van der Waals surface area contributed by atoms with Crippen molar-refractivity contribution < 1.29 is 4.74 Å². The van der Waals surface area contributed by atoms with Crippen LogP contribution < -0.4 is 10.7 Å². The lowest BCUT2D eigenvalue weighted by Gasteiger charge is -2.06. The van der Waals surface area contributed by atoms with Crippen LogP contribution in [0, 0.1) is 0 Å². The minimum absolute atomic E-state index is 0.00804. The first-order valence-electron chi connectivity index (χ1n) is 8.12. The van der Waals surface area contributed by atoms with Crippen molar-refractivity contribution in [3.63, 3.8) is 0 Å². The number of pyridine rings is 1. The topological polar surface area (TPSA) is 67.0 Å². The molecule has 0 atom stereocenters. The Bertz CT molecular complexity index is 773. The zero-order valence-corrected chi connectivity index (χ0v) is 16.5. The smallest absolute Gasteiger partial charge is 0.190 e. The van der Waals surface area contributed by atoms with E-state index in [1.165, 1.54) is 11.3 Å². The van der Waals surface area contributed by atoms with Gasteiger partial charge in [-0.1, -0.05) is 18.2 Å². The van der Waals surface area contributed by atoms with Crippen LogP contribution in [0.25, 0.3) is 23.5 Å². The molecule has 0 aliphatic carbocycles. The van der Waals surface area contributed by atoms with Crippen LogP contribution in [-0.4, -0.2) is 30.2 Å². The fourth-order valence-corrected chi connectivity index (χ4v) is 2.93. The maximum absolute atomic E-state index is 12.3. The average molecular weight is 362 g/mol. The number of allylic oxidation sites excluding steroid dienone is 2. The van der Waals surface area contributed by atoms with Crippen molar-refractivity contribution in [2.24, 2.45) is 0 Å². The highest BCUT2D eigenvalue weighted by molar-refractivity contribution is 7.14. The first-order chi connectivity index (χ1) is 12.0. The summed E-state index contributed by atoms with van der Waals surface area (Å²) in [7, 11) is 3.25. The average Bonchev–Trinajstić information content (AvgIpc) is 2.99. The summed E-state index contributed by atoms with van der Waals surface area (Å²) in [5.74, 6) is 0. The van der Waals surface area contributed by atoms with Gasteiger partial charge in [0.2, 0.25) is 0 Å². The van der Waals surface area contributed by atoms with Gasteiger partial charge in [-0.3, -0.25) is 4.79 Å². The molecule has 0 amide bonds. The standard InChI is InChI=1S/C17H21N3OS.C2H6O/c1-5-7-12-13(8-6-2)19-14(9-16(12)21)15-10-22-17(20-15)18-11(3)4;1-3-2/h5-11H,1-4H3,(H,18,20)(H,19,21);1-2H3/b7-5-,8-6-;. The molecule has 25 heavy (non-hydrogen) atoms. The molecule has 0 radical (unpaired) electrons. The molecule has 5 nitrogen and oxygen atoms in total. The van der Waals surface area contributed by atoms with Crippen LogP contribution in [0.5, 0.6) is 0 Å². The third-order valence-electron chi connectivity index (χ3n) is 2.96. The van der Waals surface area contributed by atoms with Gasteiger partial charge in [-0.15, -0.1) is 11.3 Å². The van der Waals surface area contributed by atoms with Gasteiger partial charge >= 0.3 is 0 Å². The van der Waals surface area contributed by atoms with Gasteiger partial charge in [0, 0.05) is 43.0 Å². The lowest BCUT2D eigenvalue weighted by atomic mass is 10.1. The van der Waals surface area contributed by atoms with E-state index in [1.54, 1.807) is 20.3 Å². The number of anilines is 1. The fraction of sp³-hybridized carbons (Fsp3) is 0.368. The molecule has 0 bridgehead atoms. The number of hydrogen-bond donors (Lipinski definition) is 2. The van der Waals surface area contributed by atoms with Crippen LogP contribution in [0.15, 0.2) is 28.4 Å². The number of rotatable bonds is 5. The molecule has 2 N–H and O–H groups in total. The van der Waals surface area contributed by atoms with Gasteiger partial charge in [0.05, 0.1) is 11.4 Å². The molecule has 0 aromatic carbocycles. The molecular formula is C19H27N3O2S. The van der Waals surface area contributed by atoms with Crippen LogP contribution in [-0.2, 0) is 4.74 Å². The van der Waals surface area contributed by atoms with Gasteiger partial charge in [0.1, 0.15) is 0 Å². The van der Waals surface area contributed by atoms with E-state index in [4.69, 9.17) is 0 Å². The van der Waals surface area contributed by atoms with Gasteiger partial charge in [-0.2, -0.15) is 0 Å². The number of thiazole rings is 1. The summed E-state index contributed by atoms with van der Waals surface area (Å²) in [6, 6.07) is 1.94. The van der Waals surface area contributed by atoms with Crippen molar-refractivity contribution in [2.75, 3.05) is 19.5 Å². The number of aromatic amines is 1. The number of hydrogen-bond acceptors (Lipinski definition) is 5. The second-order valence-corrected chi connectivity index (χ2v) is 6.48. The Labute approximate surface area is 153 Å². The van der Waals surface area contributed by atoms with Crippen molar-refractivity contribution in [2.45, 2.75) is 33.7 Å². The Morgan fingerprint density at radius 1 is 1.24 bits per heavy atom. The van der Waals surface area contributed by atoms with Gasteiger partial charge < -0.3 is 15.0 Å². The molecule has 0 aliphatic rings. The van der Waals surface area contributed by atoms with Crippen LogP contribution in [0.3, 0.4) is 0 Å². The van der Waals surface area contributed by atoms with Crippen molar-refractivity contribution in [1.29, 1.82) is 0 Å². The zero-order chi connectivity index (χ0) is 18.8. The molecule has 136 valence electrons. The Hall–Kier alpha value is -2.18. The summed E-state index contributed by atoms with van der Waals surface area (Å²) in [6.45, 7) is 7.97. The van der Waals surface area contributed by atoms with Crippen molar-refractivity contribution in [3.8, 4) is 11.4 Å². The molecule has 0 fully saturated rings. The van der Waals surface area contributed by atoms with Crippen molar-refractivity contribution in [1.82, 2.24) is 9.97 Å². The predicted octanol–water partition coefficient (Wildman–Crippen LogP) is 4.65. The lowest BCUT2D eigenvalue weighted by Crippen LogP contribution is -2.10. The van der Waals surface area contributed by atoms with Crippen LogP contribution in [0.4, 0.5) is 5.13 Å². The van der Waals surface area contributed by atoms with E-state index >= 15 is 0 Å². The highest BCUT2D eigenvalue weighted by atomic mass is 32.1. The van der Waals surface area contributed by atoms with E-state index in [1.807, 2.05) is 43.5 Å². The second kappa shape index (κ2) is 10.6. The number of H-pyrrole nitrogens is 1. The Morgan fingerprint density at radius 2 is 1.88 bits per heavy atom. The van der Waals surface area contributed by atoms with E-state index in [0.717, 1.165) is 22.2 Å². The summed E-state index contributed by atoms with van der Waals surface area (Å²) in [6.07, 6.45) is 7.50. The lowest BCUT2D eigenvalue weighted by molar-refractivity contribution is 0.277. The first kappa shape index (κ1) is 20.9. The Kier molecular flexibility index (Phi) is 8.88. The van der Waals surface area contributed by atoms with Gasteiger partial charge in [0.15, 0.2) is 10.6 Å². The second-order valence-electron chi connectivity index (χ2n) is 5.62. The van der Waals surface area contributed by atoms with Gasteiger partial charge in [0.25, 0.3) is 0 Å². The van der Waals surface area contributed by atoms with Crippen molar-refractivity contribution in [3.05, 3.63) is 45.1 Å². The molecule has 0 aliphatic heterocycles. The number of aromatic nitrogens is 2.